The highest BCUT2D eigenvalue weighted by Gasteiger charge is 2.36. The topological polar surface area (TPSA) is 61.9 Å². The van der Waals surface area contributed by atoms with E-state index in [0.29, 0.717) is 19.0 Å². The molecule has 0 aromatic carbocycles. The highest BCUT2D eigenvalue weighted by atomic mass is 16.5. The molecule has 0 spiro atoms. The van der Waals surface area contributed by atoms with Crippen molar-refractivity contribution >= 4 is 11.9 Å². The number of carbonyl (C=O) groups excluding carboxylic acids is 2. The highest BCUT2D eigenvalue weighted by Crippen LogP contribution is 2.26. The van der Waals surface area contributed by atoms with Gasteiger partial charge in [-0.1, -0.05) is 43.0 Å². The molecule has 0 aromatic heterocycles. The molecule has 1 N–H and O–H groups in total. The molecule has 0 aromatic rings. The number of nitrogens with one attached hydrogen (secondary N) is 1. The van der Waals surface area contributed by atoms with Gasteiger partial charge in [0.2, 0.25) is 0 Å². The van der Waals surface area contributed by atoms with Crippen LogP contribution in [0, 0.1) is 5.92 Å². The number of ether oxygens (including phenoxy) is 1. The zero-order valence-electron chi connectivity index (χ0n) is 17.3. The van der Waals surface area contributed by atoms with Crippen molar-refractivity contribution in [3.63, 3.8) is 0 Å². The fraction of sp³-hybridized carbons (Fsp3) is 0.478. The molecule has 3 atom stereocenters. The smallest absolute Gasteiger partial charge is 0.318 e. The van der Waals surface area contributed by atoms with E-state index in [1.54, 1.807) is 22.9 Å². The molecule has 1 aliphatic carbocycles. The van der Waals surface area contributed by atoms with Crippen molar-refractivity contribution in [2.75, 3.05) is 26.7 Å². The first kappa shape index (κ1) is 21.1. The quantitative estimate of drug-likeness (QED) is 0.725. The van der Waals surface area contributed by atoms with Crippen LogP contribution in [0.3, 0.4) is 0 Å². The summed E-state index contributed by atoms with van der Waals surface area (Å²) in [4.78, 5) is 29.0. The van der Waals surface area contributed by atoms with Crippen molar-refractivity contribution < 1.29 is 14.3 Å². The van der Waals surface area contributed by atoms with E-state index in [-0.39, 0.29) is 24.6 Å². The second-order valence-corrected chi connectivity index (χ2v) is 7.76. The van der Waals surface area contributed by atoms with E-state index in [4.69, 9.17) is 4.74 Å². The zero-order chi connectivity index (χ0) is 20.8. The fourth-order valence-corrected chi connectivity index (χ4v) is 4.14. The second-order valence-electron chi connectivity index (χ2n) is 7.76. The largest absolute Gasteiger partial charge is 0.369 e. The molecule has 156 valence electrons. The number of nitrogens with zero attached hydrogens (tertiary/aromatic N) is 2. The average Bonchev–Trinajstić information content (AvgIpc) is 3.15. The predicted octanol–water partition coefficient (Wildman–Crippen LogP) is 3.17. The van der Waals surface area contributed by atoms with Gasteiger partial charge in [-0.2, -0.15) is 0 Å². The second kappa shape index (κ2) is 9.74. The molecule has 0 saturated carbocycles. The van der Waals surface area contributed by atoms with E-state index in [1.807, 2.05) is 37.3 Å². The maximum atomic E-state index is 12.8. The molecule has 0 bridgehead atoms. The van der Waals surface area contributed by atoms with Gasteiger partial charge in [0.15, 0.2) is 0 Å². The molecule has 29 heavy (non-hydrogen) atoms. The summed E-state index contributed by atoms with van der Waals surface area (Å²) in [5, 5.41) is 2.89. The Bertz CT molecular complexity index is 765. The summed E-state index contributed by atoms with van der Waals surface area (Å²) in [6.45, 7) is 7.34. The minimum absolute atomic E-state index is 0.131. The number of likely N-dealkylation sites (N-methyl/N-ethyl adjacent to an activating group) is 1. The Balaban J connectivity index is 1.57. The molecule has 6 nitrogen and oxygen atoms in total. The molecule has 3 rings (SSSR count). The van der Waals surface area contributed by atoms with E-state index in [9.17, 15) is 9.59 Å². The van der Waals surface area contributed by atoms with Gasteiger partial charge in [0, 0.05) is 25.8 Å². The molecular formula is C23H31N3O3. The standard InChI is InChI=1S/C23H31N3O3/c1-4-8-17(9-5-2)14-18-12-13-26(15-18)23(28)24-19-16-29-21-11-7-6-10-20(21)25(3)22(19)27/h4-10,18-19,21H,1,11-16H2,2-3H3,(H,24,28)/b9-5-,17-8+/t18?,19-,21?/m0/s1. The maximum Gasteiger partial charge on any atom is 0.318 e. The van der Waals surface area contributed by atoms with E-state index in [1.165, 1.54) is 5.57 Å². The summed E-state index contributed by atoms with van der Waals surface area (Å²) in [5.74, 6) is 0.272. The van der Waals surface area contributed by atoms with E-state index < -0.39 is 6.04 Å². The molecule has 3 amide bonds. The summed E-state index contributed by atoms with van der Waals surface area (Å²) in [5.41, 5.74) is 2.06. The molecular weight excluding hydrogens is 366 g/mol. The van der Waals surface area contributed by atoms with E-state index in [0.717, 1.165) is 25.0 Å². The molecule has 2 fully saturated rings. The van der Waals surface area contributed by atoms with Gasteiger partial charge in [-0.05, 0) is 43.8 Å². The Hall–Kier alpha value is -2.60. The van der Waals surface area contributed by atoms with E-state index >= 15 is 0 Å². The van der Waals surface area contributed by atoms with Gasteiger partial charge >= 0.3 is 6.03 Å². The fourth-order valence-electron chi connectivity index (χ4n) is 4.14. The summed E-state index contributed by atoms with van der Waals surface area (Å²) in [7, 11) is 1.74. The highest BCUT2D eigenvalue weighted by molar-refractivity contribution is 5.88. The first-order valence-corrected chi connectivity index (χ1v) is 10.3. The molecule has 6 heteroatoms. The zero-order valence-corrected chi connectivity index (χ0v) is 17.3. The number of fused-ring (bicyclic) bond motifs is 1. The third-order valence-electron chi connectivity index (χ3n) is 5.67. The van der Waals surface area contributed by atoms with Crippen LogP contribution in [0.5, 0.6) is 0 Å². The maximum absolute atomic E-state index is 12.8. The van der Waals surface area contributed by atoms with Gasteiger partial charge in [0.25, 0.3) is 5.91 Å². The van der Waals surface area contributed by atoms with Crippen LogP contribution in [-0.4, -0.2) is 60.6 Å². The van der Waals surface area contributed by atoms with E-state index in [2.05, 4.69) is 18.0 Å². The number of urea groups is 1. The monoisotopic (exact) mass is 397 g/mol. The summed E-state index contributed by atoms with van der Waals surface area (Å²) >= 11 is 0. The lowest BCUT2D eigenvalue weighted by Gasteiger charge is -2.26. The van der Waals surface area contributed by atoms with Gasteiger partial charge in [0.05, 0.1) is 6.61 Å². The Morgan fingerprint density at radius 1 is 1.45 bits per heavy atom. The lowest BCUT2D eigenvalue weighted by atomic mass is 9.98. The van der Waals surface area contributed by atoms with Crippen LogP contribution in [0.1, 0.15) is 26.2 Å². The van der Waals surface area contributed by atoms with Gasteiger partial charge < -0.3 is 19.9 Å². The molecule has 2 aliphatic heterocycles. The Kier molecular flexibility index (Phi) is 7.09. The number of likely N-dealkylation sites (tertiary alicyclic amines) is 1. The van der Waals surface area contributed by atoms with Gasteiger partial charge in [-0.25, -0.2) is 4.79 Å². The first-order valence-electron chi connectivity index (χ1n) is 10.3. The Morgan fingerprint density at radius 2 is 2.28 bits per heavy atom. The minimum atomic E-state index is -0.669. The lowest BCUT2D eigenvalue weighted by Crippen LogP contribution is -2.51. The predicted molar refractivity (Wildman–Crippen MR) is 114 cm³/mol. The third-order valence-corrected chi connectivity index (χ3v) is 5.67. The average molecular weight is 398 g/mol. The normalized spacial score (nSPS) is 27.7. The number of allylic oxidation sites excluding steroid dienone is 7. The molecule has 2 heterocycles. The lowest BCUT2D eigenvalue weighted by molar-refractivity contribution is -0.129. The van der Waals surface area contributed by atoms with Crippen molar-refractivity contribution in [1.29, 1.82) is 0 Å². The van der Waals surface area contributed by atoms with Crippen molar-refractivity contribution in [1.82, 2.24) is 15.1 Å². The summed E-state index contributed by atoms with van der Waals surface area (Å²) < 4.78 is 5.91. The minimum Gasteiger partial charge on any atom is -0.369 e. The van der Waals surface area contributed by atoms with Gasteiger partial charge in [0.1, 0.15) is 12.1 Å². The van der Waals surface area contributed by atoms with Crippen LogP contribution >= 0.6 is 0 Å². The SMILES string of the molecule is C=C/C=C(\C=C/C)CC1CCN(C(=O)N[C@H]2COC3CC=CC=C3N(C)C2=O)C1. The molecule has 2 unspecified atom stereocenters. The van der Waals surface area contributed by atoms with Crippen molar-refractivity contribution in [2.24, 2.45) is 5.92 Å². The van der Waals surface area contributed by atoms with Gasteiger partial charge in [-0.15, -0.1) is 0 Å². The van der Waals surface area contributed by atoms with Gasteiger partial charge in [-0.3, -0.25) is 4.79 Å². The Morgan fingerprint density at radius 3 is 3.03 bits per heavy atom. The number of hydrogen-bond acceptors (Lipinski definition) is 3. The van der Waals surface area contributed by atoms with Crippen molar-refractivity contribution in [3.8, 4) is 0 Å². The molecule has 0 radical (unpaired) electrons. The molecule has 3 aliphatic rings. The summed E-state index contributed by atoms with van der Waals surface area (Å²) in [6.07, 6.45) is 16.3. The van der Waals surface area contributed by atoms with Crippen molar-refractivity contribution in [2.45, 2.75) is 38.3 Å². The van der Waals surface area contributed by atoms with Crippen LogP contribution in [0.2, 0.25) is 0 Å². The number of amides is 3. The van der Waals surface area contributed by atoms with Crippen LogP contribution < -0.4 is 5.32 Å². The molecule has 2 saturated heterocycles. The van der Waals surface area contributed by atoms with Crippen LogP contribution in [0.4, 0.5) is 4.79 Å². The third kappa shape index (κ3) is 5.07. The Labute approximate surface area is 173 Å². The number of hydrogen-bond donors (Lipinski definition) is 1. The number of rotatable bonds is 5. The number of carbonyl (C=O) groups is 2. The van der Waals surface area contributed by atoms with Crippen LogP contribution in [0.25, 0.3) is 0 Å². The first-order chi connectivity index (χ1) is 14.0. The van der Waals surface area contributed by atoms with Crippen LogP contribution in [0.15, 0.2) is 60.4 Å². The summed E-state index contributed by atoms with van der Waals surface area (Å²) in [6, 6.07) is -0.864. The van der Waals surface area contributed by atoms with Crippen molar-refractivity contribution in [3.05, 3.63) is 60.4 Å². The van der Waals surface area contributed by atoms with Crippen LogP contribution in [-0.2, 0) is 9.53 Å².